The van der Waals surface area contributed by atoms with Gasteiger partial charge in [0.15, 0.2) is 0 Å². The van der Waals surface area contributed by atoms with E-state index in [4.69, 9.17) is 0 Å². The van der Waals surface area contributed by atoms with Gasteiger partial charge in [0.1, 0.15) is 0 Å². The van der Waals surface area contributed by atoms with Crippen LogP contribution in [0.25, 0.3) is 0 Å². The van der Waals surface area contributed by atoms with E-state index in [-0.39, 0.29) is 17.7 Å². The predicted octanol–water partition coefficient (Wildman–Crippen LogP) is 4.52. The Hall–Kier alpha value is -1.64. The Kier molecular flexibility index (Phi) is 4.18. The average Bonchev–Trinajstić information content (AvgIpc) is 2.85. The zero-order valence-corrected chi connectivity index (χ0v) is 16.5. The molecular weight excluding hydrogens is 334 g/mol. The summed E-state index contributed by atoms with van der Waals surface area (Å²) in [5.74, 6) is 2.75. The van der Waals surface area contributed by atoms with E-state index in [9.17, 15) is 9.59 Å². The summed E-state index contributed by atoms with van der Waals surface area (Å²) in [5, 5.41) is 0. The third-order valence-corrected chi connectivity index (χ3v) is 7.93. The molecule has 6 rings (SSSR count). The van der Waals surface area contributed by atoms with E-state index in [0.717, 1.165) is 24.2 Å². The molecule has 1 aromatic carbocycles. The molecule has 0 unspecified atom stereocenters. The van der Waals surface area contributed by atoms with Gasteiger partial charge in [-0.25, -0.2) is 0 Å². The molecule has 3 nitrogen and oxygen atoms in total. The molecule has 1 aliphatic heterocycles. The molecule has 144 valence electrons. The first-order valence-electron chi connectivity index (χ1n) is 10.9. The molecule has 1 atom stereocenters. The van der Waals surface area contributed by atoms with Gasteiger partial charge in [0.2, 0.25) is 11.8 Å². The lowest BCUT2D eigenvalue weighted by Gasteiger charge is -2.57. The van der Waals surface area contributed by atoms with E-state index in [1.54, 1.807) is 4.90 Å². The number of nitrogens with zero attached hydrogens (tertiary/aromatic N) is 1. The van der Waals surface area contributed by atoms with Crippen LogP contribution in [0.4, 0.5) is 0 Å². The minimum absolute atomic E-state index is 0.0578. The number of aryl methyl sites for hydroxylation is 1. The third kappa shape index (κ3) is 3.23. The molecule has 0 radical (unpaired) electrons. The molecule has 5 fully saturated rings. The van der Waals surface area contributed by atoms with Gasteiger partial charge >= 0.3 is 0 Å². The van der Waals surface area contributed by atoms with Crippen molar-refractivity contribution in [3.05, 3.63) is 35.4 Å². The van der Waals surface area contributed by atoms with Crippen LogP contribution >= 0.6 is 0 Å². The summed E-state index contributed by atoms with van der Waals surface area (Å²) >= 11 is 0. The monoisotopic (exact) mass is 365 g/mol. The van der Waals surface area contributed by atoms with Crippen molar-refractivity contribution in [2.45, 2.75) is 64.7 Å². The summed E-state index contributed by atoms with van der Waals surface area (Å²) in [6, 6.07) is 8.32. The van der Waals surface area contributed by atoms with Crippen molar-refractivity contribution in [1.29, 1.82) is 0 Å². The second-order valence-corrected chi connectivity index (χ2v) is 10.1. The van der Waals surface area contributed by atoms with Gasteiger partial charge in [-0.3, -0.25) is 14.5 Å². The summed E-state index contributed by atoms with van der Waals surface area (Å²) in [6.07, 6.45) is 10.5. The zero-order chi connectivity index (χ0) is 18.6. The van der Waals surface area contributed by atoms with E-state index in [0.29, 0.717) is 24.8 Å². The number of imide groups is 1. The highest BCUT2D eigenvalue weighted by Gasteiger charge is 2.51. The van der Waals surface area contributed by atoms with E-state index in [1.807, 2.05) is 6.07 Å². The van der Waals surface area contributed by atoms with E-state index < -0.39 is 0 Å². The van der Waals surface area contributed by atoms with Crippen LogP contribution in [0.3, 0.4) is 0 Å². The molecule has 0 spiro atoms. The van der Waals surface area contributed by atoms with E-state index in [2.05, 4.69) is 25.1 Å². The summed E-state index contributed by atoms with van der Waals surface area (Å²) < 4.78 is 0. The molecule has 27 heavy (non-hydrogen) atoms. The average molecular weight is 366 g/mol. The fourth-order valence-corrected chi connectivity index (χ4v) is 7.21. The number of carbonyl (C=O) groups excluding carboxylic acids is 2. The highest BCUT2D eigenvalue weighted by molar-refractivity contribution is 6.03. The van der Waals surface area contributed by atoms with E-state index >= 15 is 0 Å². The molecule has 2 amide bonds. The Labute approximate surface area is 162 Å². The molecule has 1 heterocycles. The van der Waals surface area contributed by atoms with Gasteiger partial charge in [0.05, 0.1) is 5.92 Å². The van der Waals surface area contributed by atoms with Crippen molar-refractivity contribution in [2.24, 2.45) is 29.1 Å². The van der Waals surface area contributed by atoms with Crippen LogP contribution in [0.1, 0.15) is 62.5 Å². The highest BCUT2D eigenvalue weighted by atomic mass is 16.2. The van der Waals surface area contributed by atoms with Gasteiger partial charge in [-0.05, 0) is 87.0 Å². The van der Waals surface area contributed by atoms with Crippen LogP contribution in [-0.2, 0) is 16.0 Å². The topological polar surface area (TPSA) is 37.4 Å². The van der Waals surface area contributed by atoms with Crippen LogP contribution in [0.2, 0.25) is 0 Å². The summed E-state index contributed by atoms with van der Waals surface area (Å²) in [6.45, 7) is 2.73. The normalized spacial score (nSPS) is 37.4. The highest BCUT2D eigenvalue weighted by Crippen LogP contribution is 2.61. The van der Waals surface area contributed by atoms with Crippen molar-refractivity contribution in [2.75, 3.05) is 6.54 Å². The maximum Gasteiger partial charge on any atom is 0.233 e. The number of benzene rings is 1. The number of likely N-dealkylation sites (tertiary alicyclic amines) is 1. The van der Waals surface area contributed by atoms with Gasteiger partial charge in [0, 0.05) is 13.0 Å². The molecular formula is C24H31NO2. The van der Waals surface area contributed by atoms with Crippen molar-refractivity contribution >= 4 is 11.8 Å². The molecule has 0 aromatic heterocycles. The molecule has 0 N–H and O–H groups in total. The van der Waals surface area contributed by atoms with Crippen molar-refractivity contribution in [1.82, 2.24) is 4.90 Å². The lowest BCUT2D eigenvalue weighted by molar-refractivity contribution is -0.140. The van der Waals surface area contributed by atoms with Gasteiger partial charge in [-0.2, -0.15) is 0 Å². The lowest BCUT2D eigenvalue weighted by atomic mass is 9.49. The molecule has 4 bridgehead atoms. The minimum atomic E-state index is -0.157. The standard InChI is InChI=1S/C24H31NO2/c1-16-3-2-4-17(7-16)11-21-12-22(26)25(23(21)27)6-5-24-13-18-8-19(14-24)10-20(9-18)15-24/h2-4,7,18-21H,5-6,8-15H2,1H3/t18?,19?,20?,21-,24?/m1/s1. The maximum atomic E-state index is 12.9. The molecule has 4 saturated carbocycles. The zero-order valence-electron chi connectivity index (χ0n) is 16.5. The quantitative estimate of drug-likeness (QED) is 0.720. The van der Waals surface area contributed by atoms with Gasteiger partial charge in [-0.15, -0.1) is 0 Å². The number of rotatable bonds is 5. The first-order valence-corrected chi connectivity index (χ1v) is 10.9. The molecule has 1 saturated heterocycles. The Bertz CT molecular complexity index is 732. The summed E-state index contributed by atoms with van der Waals surface area (Å²) in [5.41, 5.74) is 2.82. The molecule has 5 aliphatic rings. The fourth-order valence-electron chi connectivity index (χ4n) is 7.21. The first-order chi connectivity index (χ1) is 13.0. The number of hydrogen-bond donors (Lipinski definition) is 0. The lowest BCUT2D eigenvalue weighted by Crippen LogP contribution is -2.47. The largest absolute Gasteiger partial charge is 0.282 e. The summed E-state index contributed by atoms with van der Waals surface area (Å²) in [7, 11) is 0. The Morgan fingerprint density at radius 2 is 1.70 bits per heavy atom. The second-order valence-electron chi connectivity index (χ2n) is 10.1. The molecule has 3 heteroatoms. The van der Waals surface area contributed by atoms with Crippen LogP contribution in [0.15, 0.2) is 24.3 Å². The SMILES string of the molecule is Cc1cccc(C[C@@H]2CC(=O)N(CCC34CC5CC(CC(C5)C3)C4)C2=O)c1. The van der Waals surface area contributed by atoms with Gasteiger partial charge in [-0.1, -0.05) is 29.8 Å². The van der Waals surface area contributed by atoms with Crippen molar-refractivity contribution < 1.29 is 9.59 Å². The van der Waals surface area contributed by atoms with E-state index in [1.165, 1.54) is 49.7 Å². The smallest absolute Gasteiger partial charge is 0.233 e. The maximum absolute atomic E-state index is 12.9. The first kappa shape index (κ1) is 17.5. The van der Waals surface area contributed by atoms with Crippen molar-refractivity contribution in [3.8, 4) is 0 Å². The Balaban J connectivity index is 1.23. The van der Waals surface area contributed by atoms with Crippen LogP contribution in [0, 0.1) is 36.0 Å². The second kappa shape index (κ2) is 6.46. The minimum Gasteiger partial charge on any atom is -0.282 e. The number of hydrogen-bond acceptors (Lipinski definition) is 2. The number of amides is 2. The molecule has 1 aromatic rings. The fraction of sp³-hybridized carbons (Fsp3) is 0.667. The number of carbonyl (C=O) groups is 2. The van der Waals surface area contributed by atoms with Crippen LogP contribution < -0.4 is 0 Å². The Morgan fingerprint density at radius 3 is 2.33 bits per heavy atom. The van der Waals surface area contributed by atoms with Crippen molar-refractivity contribution in [3.63, 3.8) is 0 Å². The molecule has 4 aliphatic carbocycles. The Morgan fingerprint density at radius 1 is 1.04 bits per heavy atom. The predicted molar refractivity (Wildman–Crippen MR) is 105 cm³/mol. The summed E-state index contributed by atoms with van der Waals surface area (Å²) in [4.78, 5) is 27.1. The van der Waals surface area contributed by atoms with Gasteiger partial charge in [0.25, 0.3) is 0 Å². The van der Waals surface area contributed by atoms with Gasteiger partial charge < -0.3 is 0 Å². The van der Waals surface area contributed by atoms with Crippen LogP contribution in [-0.4, -0.2) is 23.3 Å². The van der Waals surface area contributed by atoms with Crippen LogP contribution in [0.5, 0.6) is 0 Å². The third-order valence-electron chi connectivity index (χ3n) is 7.93.